The maximum atomic E-state index is 12.5. The van der Waals surface area contributed by atoms with Crippen molar-refractivity contribution < 1.29 is 13.2 Å². The lowest BCUT2D eigenvalue weighted by molar-refractivity contribution is -0.137. The number of nitrogens with one attached hydrogen (secondary N) is 1. The van der Waals surface area contributed by atoms with Crippen LogP contribution < -0.4 is 5.32 Å². The third-order valence-corrected chi connectivity index (χ3v) is 3.81. The van der Waals surface area contributed by atoms with Crippen molar-refractivity contribution in [1.82, 2.24) is 15.0 Å². The Morgan fingerprint density at radius 2 is 1.90 bits per heavy atom. The Morgan fingerprint density at radius 3 is 2.43 bits per heavy atom. The van der Waals surface area contributed by atoms with Crippen molar-refractivity contribution in [2.75, 3.05) is 18.6 Å². The van der Waals surface area contributed by atoms with Crippen molar-refractivity contribution in [3.63, 3.8) is 0 Å². The number of alkyl halides is 3. The van der Waals surface area contributed by atoms with Gasteiger partial charge in [-0.1, -0.05) is 11.8 Å². The molecular weight excluding hydrogens is 321 g/mol. The van der Waals surface area contributed by atoms with Gasteiger partial charge in [-0.25, -0.2) is 15.0 Å². The van der Waals surface area contributed by atoms with E-state index in [1.807, 2.05) is 6.26 Å². The molecule has 1 N–H and O–H groups in total. The molecule has 0 radical (unpaired) electrons. The van der Waals surface area contributed by atoms with Crippen LogP contribution in [0.15, 0.2) is 39.6 Å². The van der Waals surface area contributed by atoms with Gasteiger partial charge in [-0.2, -0.15) is 13.2 Å². The molecule has 9 heteroatoms. The fourth-order valence-corrected chi connectivity index (χ4v) is 2.59. The van der Waals surface area contributed by atoms with Gasteiger partial charge in [0, 0.05) is 19.3 Å². The van der Waals surface area contributed by atoms with E-state index in [1.54, 1.807) is 13.1 Å². The number of nitrogens with zero attached hydrogens (tertiary/aromatic N) is 3. The van der Waals surface area contributed by atoms with Crippen molar-refractivity contribution in [3.8, 4) is 0 Å². The molecule has 21 heavy (non-hydrogen) atoms. The molecule has 2 heterocycles. The highest BCUT2D eigenvalue weighted by atomic mass is 32.2. The fourth-order valence-electron chi connectivity index (χ4n) is 1.39. The molecule has 0 spiro atoms. The minimum atomic E-state index is -4.38. The number of hydrogen-bond acceptors (Lipinski definition) is 6. The first kappa shape index (κ1) is 15.9. The Kier molecular flexibility index (Phi) is 4.94. The van der Waals surface area contributed by atoms with E-state index < -0.39 is 11.7 Å². The second kappa shape index (κ2) is 6.52. The Hall–Kier alpha value is -1.48. The lowest BCUT2D eigenvalue weighted by Gasteiger charge is -2.07. The number of hydrogen-bond donors (Lipinski definition) is 1. The van der Waals surface area contributed by atoms with Gasteiger partial charge in [0.05, 0.1) is 5.56 Å². The van der Waals surface area contributed by atoms with Gasteiger partial charge in [0.15, 0.2) is 5.16 Å². The van der Waals surface area contributed by atoms with Crippen molar-refractivity contribution in [2.45, 2.75) is 21.4 Å². The smallest absolute Gasteiger partial charge is 0.373 e. The van der Waals surface area contributed by atoms with Crippen molar-refractivity contribution >= 4 is 29.3 Å². The van der Waals surface area contributed by atoms with Crippen LogP contribution in [0.25, 0.3) is 0 Å². The zero-order chi connectivity index (χ0) is 15.5. The summed E-state index contributed by atoms with van der Waals surface area (Å²) in [5, 5.41) is 4.55. The summed E-state index contributed by atoms with van der Waals surface area (Å²) in [5.74, 6) is 0.642. The fraction of sp³-hybridized carbons (Fsp3) is 0.250. The summed E-state index contributed by atoms with van der Waals surface area (Å²) >= 11 is 2.57. The molecule has 0 unspecified atom stereocenters. The van der Waals surface area contributed by atoms with Crippen LogP contribution >= 0.6 is 23.5 Å². The molecule has 0 saturated carbocycles. The molecule has 0 amide bonds. The van der Waals surface area contributed by atoms with Gasteiger partial charge < -0.3 is 5.32 Å². The quantitative estimate of drug-likeness (QED) is 0.522. The summed E-state index contributed by atoms with van der Waals surface area (Å²) in [5.41, 5.74) is -0.768. The molecule has 0 bridgehead atoms. The third kappa shape index (κ3) is 4.24. The topological polar surface area (TPSA) is 50.7 Å². The number of thioether (sulfide) groups is 1. The van der Waals surface area contributed by atoms with Crippen LogP contribution in [0, 0.1) is 0 Å². The molecule has 0 atom stereocenters. The van der Waals surface area contributed by atoms with Crippen LogP contribution in [0.1, 0.15) is 5.56 Å². The molecule has 2 aromatic rings. The first-order chi connectivity index (χ1) is 9.92. The van der Waals surface area contributed by atoms with Gasteiger partial charge in [-0.15, -0.1) is 0 Å². The molecule has 4 nitrogen and oxygen atoms in total. The highest BCUT2D eigenvalue weighted by Gasteiger charge is 2.30. The largest absolute Gasteiger partial charge is 0.417 e. The van der Waals surface area contributed by atoms with E-state index >= 15 is 0 Å². The van der Waals surface area contributed by atoms with E-state index in [2.05, 4.69) is 20.3 Å². The molecule has 0 saturated heterocycles. The molecule has 0 aromatic carbocycles. The summed E-state index contributed by atoms with van der Waals surface area (Å²) in [6.07, 6.45) is -1.71. The first-order valence-electron chi connectivity index (χ1n) is 5.74. The number of pyridine rings is 1. The van der Waals surface area contributed by atoms with Gasteiger partial charge >= 0.3 is 6.18 Å². The summed E-state index contributed by atoms with van der Waals surface area (Å²) < 4.78 is 37.4. The predicted octanol–water partition coefficient (Wildman–Crippen LogP) is 3.81. The number of halogens is 3. The third-order valence-electron chi connectivity index (χ3n) is 2.39. The van der Waals surface area contributed by atoms with Crippen LogP contribution in [0.4, 0.5) is 19.0 Å². The zero-order valence-corrected chi connectivity index (χ0v) is 12.7. The van der Waals surface area contributed by atoms with E-state index in [9.17, 15) is 13.2 Å². The van der Waals surface area contributed by atoms with Crippen molar-refractivity contribution in [2.24, 2.45) is 0 Å². The maximum Gasteiger partial charge on any atom is 0.417 e. The molecule has 0 fully saturated rings. The van der Waals surface area contributed by atoms with E-state index in [1.165, 1.54) is 29.6 Å². The van der Waals surface area contributed by atoms with Crippen molar-refractivity contribution in [3.05, 3.63) is 30.0 Å². The summed E-state index contributed by atoms with van der Waals surface area (Å²) in [6, 6.07) is 4.04. The average molecular weight is 332 g/mol. The maximum absolute atomic E-state index is 12.5. The van der Waals surface area contributed by atoms with E-state index in [0.717, 1.165) is 12.3 Å². The van der Waals surface area contributed by atoms with Gasteiger partial charge in [0.1, 0.15) is 15.9 Å². The molecule has 0 aliphatic rings. The van der Waals surface area contributed by atoms with Crippen LogP contribution in [-0.4, -0.2) is 28.3 Å². The summed E-state index contributed by atoms with van der Waals surface area (Å²) in [7, 11) is 1.73. The lowest BCUT2D eigenvalue weighted by atomic mass is 10.3. The molecule has 0 aliphatic heterocycles. The van der Waals surface area contributed by atoms with Crippen LogP contribution in [0.5, 0.6) is 0 Å². The van der Waals surface area contributed by atoms with Crippen molar-refractivity contribution in [1.29, 1.82) is 0 Å². The molecule has 2 rings (SSSR count). The second-order valence-electron chi connectivity index (χ2n) is 3.81. The highest BCUT2D eigenvalue weighted by molar-refractivity contribution is 7.99. The average Bonchev–Trinajstić information content (AvgIpc) is 2.46. The molecule has 2 aromatic heterocycles. The Bertz CT molecular complexity index is 595. The van der Waals surface area contributed by atoms with Crippen LogP contribution in [0.2, 0.25) is 0 Å². The van der Waals surface area contributed by atoms with Gasteiger partial charge in [-0.05, 0) is 30.2 Å². The standard InChI is InChI=1S/C12H11F3N4S2/c1-16-8-5-10(19-11(18-8)20-2)21-9-4-3-7(6-17-9)12(13,14)15/h3-6H,1-2H3,(H,16,18,19). The normalized spacial score (nSPS) is 11.5. The predicted molar refractivity (Wildman–Crippen MR) is 76.7 cm³/mol. The van der Waals surface area contributed by atoms with Gasteiger partial charge in [-0.3, -0.25) is 0 Å². The van der Waals surface area contributed by atoms with E-state index in [0.29, 0.717) is 21.0 Å². The monoisotopic (exact) mass is 332 g/mol. The highest BCUT2D eigenvalue weighted by Crippen LogP contribution is 2.31. The molecule has 0 aliphatic carbocycles. The first-order valence-corrected chi connectivity index (χ1v) is 7.78. The van der Waals surface area contributed by atoms with E-state index in [-0.39, 0.29) is 0 Å². The molecular formula is C12H11F3N4S2. The number of aromatic nitrogens is 3. The summed E-state index contributed by atoms with van der Waals surface area (Å²) in [4.78, 5) is 12.3. The minimum Gasteiger partial charge on any atom is -0.373 e. The molecule has 112 valence electrons. The Balaban J connectivity index is 2.22. The Morgan fingerprint density at radius 1 is 1.14 bits per heavy atom. The lowest BCUT2D eigenvalue weighted by Crippen LogP contribution is -2.05. The Labute approximate surface area is 128 Å². The van der Waals surface area contributed by atoms with Crippen LogP contribution in [0.3, 0.4) is 0 Å². The number of rotatable bonds is 4. The SMILES string of the molecule is CNc1cc(Sc2ccc(C(F)(F)F)cn2)nc(SC)n1. The number of anilines is 1. The zero-order valence-electron chi connectivity index (χ0n) is 11.1. The minimum absolute atomic E-state index is 0.441. The van der Waals surface area contributed by atoms with Gasteiger partial charge in [0.2, 0.25) is 0 Å². The second-order valence-corrected chi connectivity index (χ2v) is 5.63. The summed E-state index contributed by atoms with van der Waals surface area (Å²) in [6.45, 7) is 0. The van der Waals surface area contributed by atoms with Gasteiger partial charge in [0.25, 0.3) is 0 Å². The van der Waals surface area contributed by atoms with Crippen LogP contribution in [-0.2, 0) is 6.18 Å². The van der Waals surface area contributed by atoms with E-state index in [4.69, 9.17) is 0 Å².